The molecule has 1 aromatic carbocycles. The molecular weight excluding hydrogens is 511 g/mol. The number of hydrogen-bond donors (Lipinski definition) is 2. The second kappa shape index (κ2) is 9.44. The second-order valence-electron chi connectivity index (χ2n) is 10.4. The van der Waals surface area contributed by atoms with Crippen LogP contribution in [0.3, 0.4) is 0 Å². The van der Waals surface area contributed by atoms with E-state index in [-0.39, 0.29) is 35.7 Å². The monoisotopic (exact) mass is 542 g/mol. The molecule has 2 N–H and O–H groups in total. The van der Waals surface area contributed by atoms with E-state index in [1.165, 1.54) is 18.3 Å². The van der Waals surface area contributed by atoms with Crippen LogP contribution >= 0.6 is 0 Å². The summed E-state index contributed by atoms with van der Waals surface area (Å²) in [6.45, 7) is 5.95. The summed E-state index contributed by atoms with van der Waals surface area (Å²) in [5.74, 6) is -0.443. The summed E-state index contributed by atoms with van der Waals surface area (Å²) in [6, 6.07) is 4.79. The van der Waals surface area contributed by atoms with Crippen molar-refractivity contribution in [3.63, 3.8) is 0 Å². The summed E-state index contributed by atoms with van der Waals surface area (Å²) >= 11 is 0. The fraction of sp³-hybridized carbons (Fsp3) is 0.423. The Bertz CT molecular complexity index is 1540. The van der Waals surface area contributed by atoms with E-state index in [4.69, 9.17) is 4.74 Å². The minimum atomic E-state index is -3.66. The number of anilines is 2. The van der Waals surface area contributed by atoms with E-state index in [0.717, 1.165) is 11.8 Å². The van der Waals surface area contributed by atoms with Gasteiger partial charge in [0.1, 0.15) is 23.5 Å². The highest BCUT2D eigenvalue weighted by Gasteiger charge is 2.57. The van der Waals surface area contributed by atoms with Crippen LogP contribution in [0.5, 0.6) is 5.88 Å². The molecule has 38 heavy (non-hydrogen) atoms. The molecular formula is C26H31FN6O4S. The number of ether oxygens (including phenoxy) is 1. The zero-order valence-electron chi connectivity index (χ0n) is 22.0. The molecule has 3 aromatic rings. The summed E-state index contributed by atoms with van der Waals surface area (Å²) in [4.78, 5) is 25.7. The molecule has 0 unspecified atom stereocenters. The van der Waals surface area contributed by atoms with Gasteiger partial charge in [0.15, 0.2) is 0 Å². The SMILES string of the molecule is CC(C)NCCOc1ncc(-c2cc3c4c(cnc3cc2F)N(C)C(=O)C42CN(C)C2)cc1NS(C)(=O)=O. The molecule has 202 valence electrons. The predicted octanol–water partition coefficient (Wildman–Crippen LogP) is 2.34. The van der Waals surface area contributed by atoms with Crippen molar-refractivity contribution in [2.75, 3.05) is 56.2 Å². The Hall–Kier alpha value is -3.35. The van der Waals surface area contributed by atoms with Crippen molar-refractivity contribution < 1.29 is 22.3 Å². The van der Waals surface area contributed by atoms with Gasteiger partial charge in [-0.25, -0.2) is 17.8 Å². The summed E-state index contributed by atoms with van der Waals surface area (Å²) in [5, 5.41) is 3.90. The minimum Gasteiger partial charge on any atom is -0.475 e. The number of rotatable bonds is 8. The summed E-state index contributed by atoms with van der Waals surface area (Å²) in [6.07, 6.45) is 4.10. The number of amides is 1. The lowest BCUT2D eigenvalue weighted by Crippen LogP contribution is -2.62. The number of likely N-dealkylation sites (N-methyl/N-ethyl adjacent to an activating group) is 2. The van der Waals surface area contributed by atoms with Crippen LogP contribution in [0.15, 0.2) is 30.6 Å². The average molecular weight is 543 g/mol. The van der Waals surface area contributed by atoms with Crippen LogP contribution < -0.4 is 19.7 Å². The molecule has 4 heterocycles. The molecule has 0 saturated carbocycles. The predicted molar refractivity (Wildman–Crippen MR) is 145 cm³/mol. The summed E-state index contributed by atoms with van der Waals surface area (Å²) in [5.41, 5.74) is 1.99. The highest BCUT2D eigenvalue weighted by Crippen LogP contribution is 2.49. The Morgan fingerprint density at radius 1 is 1.16 bits per heavy atom. The number of likely N-dealkylation sites (tertiary alicyclic amines) is 1. The molecule has 1 spiro atoms. The lowest BCUT2D eigenvalue weighted by molar-refractivity contribution is -0.128. The Morgan fingerprint density at radius 3 is 2.55 bits per heavy atom. The lowest BCUT2D eigenvalue weighted by atomic mass is 9.73. The number of nitrogens with one attached hydrogen (secondary N) is 2. The number of halogens is 1. The van der Waals surface area contributed by atoms with Gasteiger partial charge in [0.05, 0.1) is 23.7 Å². The van der Waals surface area contributed by atoms with Gasteiger partial charge < -0.3 is 19.9 Å². The third kappa shape index (κ3) is 4.56. The third-order valence-corrected chi connectivity index (χ3v) is 7.51. The van der Waals surface area contributed by atoms with Crippen molar-refractivity contribution in [3.05, 3.63) is 42.0 Å². The van der Waals surface area contributed by atoms with Gasteiger partial charge in [-0.05, 0) is 19.2 Å². The molecule has 2 aliphatic heterocycles. The van der Waals surface area contributed by atoms with Gasteiger partial charge in [0.2, 0.25) is 21.8 Å². The Morgan fingerprint density at radius 2 is 1.89 bits per heavy atom. The van der Waals surface area contributed by atoms with Crippen LogP contribution in [-0.4, -0.2) is 81.8 Å². The fourth-order valence-electron chi connectivity index (χ4n) is 5.37. The first-order valence-corrected chi connectivity index (χ1v) is 14.2. The molecule has 0 radical (unpaired) electrons. The van der Waals surface area contributed by atoms with E-state index in [0.29, 0.717) is 41.8 Å². The standard InChI is InChI=1S/C26H31FN6O4S/c1-15(2)28-6-7-37-24-21(31-38(5,35)36)8-16(11-30-24)17-9-18-20(10-19(17)27)29-12-22-23(18)26(13-32(3)14-26)25(34)33(22)4/h8-12,15,28,31H,6-7,13-14H2,1-5H3. The molecule has 1 saturated heterocycles. The van der Waals surface area contributed by atoms with Gasteiger partial charge in [-0.2, -0.15) is 0 Å². The number of hydrogen-bond acceptors (Lipinski definition) is 8. The largest absolute Gasteiger partial charge is 0.475 e. The maximum atomic E-state index is 15.4. The number of nitrogens with zero attached hydrogens (tertiary/aromatic N) is 4. The highest BCUT2D eigenvalue weighted by molar-refractivity contribution is 7.92. The quantitative estimate of drug-likeness (QED) is 0.417. The van der Waals surface area contributed by atoms with Crippen LogP contribution in [0.4, 0.5) is 15.8 Å². The Balaban J connectivity index is 1.59. The molecule has 2 aliphatic rings. The van der Waals surface area contributed by atoms with E-state index >= 15 is 4.39 Å². The number of pyridine rings is 2. The normalized spacial score (nSPS) is 16.8. The van der Waals surface area contributed by atoms with Crippen molar-refractivity contribution >= 4 is 38.2 Å². The molecule has 5 rings (SSSR count). The second-order valence-corrected chi connectivity index (χ2v) is 12.1. The zero-order valence-corrected chi connectivity index (χ0v) is 22.8. The maximum Gasteiger partial charge on any atom is 0.240 e. The van der Waals surface area contributed by atoms with Crippen molar-refractivity contribution in [2.45, 2.75) is 25.3 Å². The van der Waals surface area contributed by atoms with Crippen LogP contribution in [0.25, 0.3) is 22.0 Å². The van der Waals surface area contributed by atoms with Gasteiger partial charge in [-0.3, -0.25) is 14.5 Å². The van der Waals surface area contributed by atoms with Crippen LogP contribution in [0.2, 0.25) is 0 Å². The van der Waals surface area contributed by atoms with Gasteiger partial charge in [-0.15, -0.1) is 0 Å². The van der Waals surface area contributed by atoms with E-state index in [1.54, 1.807) is 24.2 Å². The summed E-state index contributed by atoms with van der Waals surface area (Å²) < 4.78 is 47.7. The van der Waals surface area contributed by atoms with Crippen molar-refractivity contribution in [2.24, 2.45) is 0 Å². The van der Waals surface area contributed by atoms with Crippen LogP contribution in [0, 0.1) is 5.82 Å². The number of fused-ring (bicyclic) bond motifs is 4. The van der Waals surface area contributed by atoms with Crippen LogP contribution in [0.1, 0.15) is 19.4 Å². The van der Waals surface area contributed by atoms with E-state index < -0.39 is 21.3 Å². The van der Waals surface area contributed by atoms with Gasteiger partial charge in [0, 0.05) is 67.1 Å². The Labute approximate surface area is 221 Å². The molecule has 1 fully saturated rings. The summed E-state index contributed by atoms with van der Waals surface area (Å²) in [7, 11) is 0.0235. The number of benzene rings is 1. The third-order valence-electron chi connectivity index (χ3n) is 6.92. The van der Waals surface area contributed by atoms with Crippen molar-refractivity contribution in [1.29, 1.82) is 0 Å². The fourth-order valence-corrected chi connectivity index (χ4v) is 5.92. The van der Waals surface area contributed by atoms with Crippen molar-refractivity contribution in [1.82, 2.24) is 20.2 Å². The molecule has 0 bridgehead atoms. The van der Waals surface area contributed by atoms with Gasteiger partial charge in [0.25, 0.3) is 0 Å². The first kappa shape index (κ1) is 26.3. The minimum absolute atomic E-state index is 0.000499. The van der Waals surface area contributed by atoms with E-state index in [9.17, 15) is 13.2 Å². The van der Waals surface area contributed by atoms with Crippen molar-refractivity contribution in [3.8, 4) is 17.0 Å². The molecule has 0 atom stereocenters. The molecule has 12 heteroatoms. The average Bonchev–Trinajstić information content (AvgIpc) is 3.03. The molecule has 2 aromatic heterocycles. The smallest absolute Gasteiger partial charge is 0.240 e. The lowest BCUT2D eigenvalue weighted by Gasteiger charge is -2.45. The van der Waals surface area contributed by atoms with Gasteiger partial charge >= 0.3 is 0 Å². The number of carbonyl (C=O) groups is 1. The van der Waals surface area contributed by atoms with E-state index in [1.807, 2.05) is 20.9 Å². The topological polar surface area (TPSA) is 117 Å². The Kier molecular flexibility index (Phi) is 6.52. The zero-order chi connectivity index (χ0) is 27.4. The first-order chi connectivity index (χ1) is 17.9. The molecule has 1 amide bonds. The molecule has 0 aliphatic carbocycles. The van der Waals surface area contributed by atoms with Gasteiger partial charge in [-0.1, -0.05) is 13.8 Å². The first-order valence-electron chi connectivity index (χ1n) is 12.3. The van der Waals surface area contributed by atoms with Crippen LogP contribution in [-0.2, 0) is 20.2 Å². The number of sulfonamides is 1. The highest BCUT2D eigenvalue weighted by atomic mass is 32.2. The maximum absolute atomic E-state index is 15.4. The van der Waals surface area contributed by atoms with E-state index in [2.05, 4.69) is 24.9 Å². The number of carbonyl (C=O) groups excluding carboxylic acids is 1. The molecule has 10 nitrogen and oxygen atoms in total. The number of aromatic nitrogens is 2.